The van der Waals surface area contributed by atoms with Crippen molar-refractivity contribution < 1.29 is 9.59 Å². The summed E-state index contributed by atoms with van der Waals surface area (Å²) in [6, 6.07) is 17.7. The maximum absolute atomic E-state index is 12.8. The molecule has 0 atom stereocenters. The van der Waals surface area contributed by atoms with E-state index in [0.717, 1.165) is 30.6 Å². The molecule has 0 radical (unpaired) electrons. The second-order valence-electron chi connectivity index (χ2n) is 6.83. The third-order valence-electron chi connectivity index (χ3n) is 4.75. The van der Waals surface area contributed by atoms with Gasteiger partial charge in [0.15, 0.2) is 5.13 Å². The number of benzene rings is 2. The average Bonchev–Trinajstić information content (AvgIpc) is 3.19. The molecule has 1 aliphatic rings. The van der Waals surface area contributed by atoms with Crippen LogP contribution in [0.1, 0.15) is 23.2 Å². The van der Waals surface area contributed by atoms with Crippen molar-refractivity contribution in [3.63, 3.8) is 0 Å². The molecule has 146 valence electrons. The molecule has 0 spiro atoms. The summed E-state index contributed by atoms with van der Waals surface area (Å²) < 4.78 is 0. The first kappa shape index (κ1) is 19.1. The van der Waals surface area contributed by atoms with Crippen LogP contribution in [0.3, 0.4) is 0 Å². The zero-order valence-electron chi connectivity index (χ0n) is 15.9. The molecule has 29 heavy (non-hydrogen) atoms. The maximum Gasteiger partial charge on any atom is 0.250 e. The monoisotopic (exact) mass is 403 g/mol. The normalized spacial score (nSPS) is 13.3. The van der Waals surface area contributed by atoms with Crippen LogP contribution in [0.2, 0.25) is 0 Å². The van der Waals surface area contributed by atoms with Gasteiger partial charge >= 0.3 is 0 Å². The molecule has 0 bridgehead atoms. The van der Waals surface area contributed by atoms with Gasteiger partial charge in [-0.25, -0.2) is 4.98 Å². The van der Waals surface area contributed by atoms with Crippen LogP contribution in [0.5, 0.6) is 0 Å². The highest BCUT2D eigenvalue weighted by Gasteiger charge is 2.22. The number of para-hydroxylation sites is 1. The Hall–Kier alpha value is -3.25. The summed E-state index contributed by atoms with van der Waals surface area (Å²) in [4.78, 5) is 31.2. The largest absolute Gasteiger partial charge is 0.312 e. The van der Waals surface area contributed by atoms with E-state index in [4.69, 9.17) is 0 Å². The van der Waals surface area contributed by atoms with E-state index in [-0.39, 0.29) is 18.2 Å². The summed E-state index contributed by atoms with van der Waals surface area (Å²) in [6.45, 7) is 0.730. The molecule has 3 aromatic rings. The van der Waals surface area contributed by atoms with Crippen molar-refractivity contribution in [2.45, 2.75) is 19.3 Å². The number of carbonyl (C=O) groups is 2. The Morgan fingerprint density at radius 2 is 1.90 bits per heavy atom. The molecule has 0 fully saturated rings. The number of rotatable bonds is 5. The summed E-state index contributed by atoms with van der Waals surface area (Å²) in [5, 5.41) is 5.08. The third-order valence-corrected chi connectivity index (χ3v) is 5.56. The predicted molar refractivity (Wildman–Crippen MR) is 117 cm³/mol. The lowest BCUT2D eigenvalue weighted by molar-refractivity contribution is -0.118. The minimum absolute atomic E-state index is 0.0318. The number of hydrogen-bond donors (Lipinski definition) is 1. The van der Waals surface area contributed by atoms with Crippen LogP contribution < -0.4 is 10.2 Å². The number of aromatic nitrogens is 1. The summed E-state index contributed by atoms with van der Waals surface area (Å²) in [5.41, 5.74) is 3.84. The minimum atomic E-state index is -0.244. The quantitative estimate of drug-likeness (QED) is 0.646. The molecule has 0 saturated heterocycles. The molecule has 0 saturated carbocycles. The van der Waals surface area contributed by atoms with Gasteiger partial charge in [0.1, 0.15) is 0 Å². The number of carbonyl (C=O) groups excluding carboxylic acids is 2. The summed E-state index contributed by atoms with van der Waals surface area (Å²) in [7, 11) is 0. The first-order chi connectivity index (χ1) is 14.2. The zero-order chi connectivity index (χ0) is 20.1. The molecule has 6 heteroatoms. The van der Waals surface area contributed by atoms with Crippen molar-refractivity contribution in [1.82, 2.24) is 4.98 Å². The number of anilines is 2. The van der Waals surface area contributed by atoms with E-state index in [1.165, 1.54) is 23.0 Å². The Bertz CT molecular complexity index is 1040. The summed E-state index contributed by atoms with van der Waals surface area (Å²) in [6.07, 6.45) is 5.42. The van der Waals surface area contributed by atoms with Crippen molar-refractivity contribution in [3.05, 3.63) is 82.9 Å². The van der Waals surface area contributed by atoms with Crippen LogP contribution >= 0.6 is 11.3 Å². The van der Waals surface area contributed by atoms with Gasteiger partial charge in [0, 0.05) is 23.7 Å². The molecule has 0 aliphatic carbocycles. The van der Waals surface area contributed by atoms with E-state index in [9.17, 15) is 9.59 Å². The zero-order valence-corrected chi connectivity index (χ0v) is 16.7. The molecule has 4 rings (SSSR count). The van der Waals surface area contributed by atoms with E-state index in [0.29, 0.717) is 10.8 Å². The lowest BCUT2D eigenvalue weighted by Gasteiger charge is -2.29. The van der Waals surface area contributed by atoms with Crippen molar-refractivity contribution >= 4 is 40.0 Å². The van der Waals surface area contributed by atoms with Crippen LogP contribution in [0.15, 0.2) is 66.1 Å². The molecular weight excluding hydrogens is 382 g/mol. The fourth-order valence-electron chi connectivity index (χ4n) is 3.37. The highest BCUT2D eigenvalue weighted by Crippen LogP contribution is 2.27. The number of nitrogens with one attached hydrogen (secondary N) is 1. The highest BCUT2D eigenvalue weighted by molar-refractivity contribution is 7.14. The van der Waals surface area contributed by atoms with E-state index >= 15 is 0 Å². The number of aryl methyl sites for hydroxylation is 1. The Kier molecular flexibility index (Phi) is 5.81. The number of nitrogens with zero attached hydrogens (tertiary/aromatic N) is 2. The number of amides is 2. The molecule has 5 nitrogen and oxygen atoms in total. The summed E-state index contributed by atoms with van der Waals surface area (Å²) >= 11 is 1.33. The van der Waals surface area contributed by atoms with Gasteiger partial charge in [-0.2, -0.15) is 0 Å². The lowest BCUT2D eigenvalue weighted by Crippen LogP contribution is -2.36. The van der Waals surface area contributed by atoms with Crippen molar-refractivity contribution in [2.24, 2.45) is 0 Å². The molecule has 1 aliphatic heterocycles. The molecule has 0 unspecified atom stereocenters. The molecule has 1 aromatic heterocycles. The van der Waals surface area contributed by atoms with Gasteiger partial charge in [0.2, 0.25) is 11.8 Å². The molecule has 2 amide bonds. The Balaban J connectivity index is 1.37. The van der Waals surface area contributed by atoms with E-state index < -0.39 is 0 Å². The van der Waals surface area contributed by atoms with Crippen LogP contribution in [0.25, 0.3) is 6.08 Å². The Morgan fingerprint density at radius 1 is 1.10 bits per heavy atom. The number of thiazole rings is 1. The third kappa shape index (κ3) is 4.78. The van der Waals surface area contributed by atoms with Crippen molar-refractivity contribution in [2.75, 3.05) is 16.8 Å². The van der Waals surface area contributed by atoms with Gasteiger partial charge in [-0.15, -0.1) is 11.3 Å². The first-order valence-electron chi connectivity index (χ1n) is 9.56. The first-order valence-corrected chi connectivity index (χ1v) is 10.4. The topological polar surface area (TPSA) is 62.3 Å². The highest BCUT2D eigenvalue weighted by atomic mass is 32.1. The molecule has 1 N–H and O–H groups in total. The standard InChI is InChI=1S/C23H21N3O2S/c27-21(13-12-17-7-2-1-3-8-17)25-23-24-19(16-29-23)15-22(28)26-14-6-10-18-9-4-5-11-20(18)26/h1-5,7-9,11-13,16H,6,10,14-15H2,(H,24,25,27)/b13-12+. The molecule has 2 heterocycles. The predicted octanol–water partition coefficient (Wildman–Crippen LogP) is 4.32. The van der Waals surface area contributed by atoms with Gasteiger partial charge in [0.05, 0.1) is 12.1 Å². The fraction of sp³-hybridized carbons (Fsp3) is 0.174. The van der Waals surface area contributed by atoms with Gasteiger partial charge in [-0.3, -0.25) is 14.9 Å². The van der Waals surface area contributed by atoms with Gasteiger partial charge in [0.25, 0.3) is 0 Å². The van der Waals surface area contributed by atoms with E-state index in [1.54, 1.807) is 6.08 Å². The second-order valence-corrected chi connectivity index (χ2v) is 7.69. The molecular formula is C23H21N3O2S. The van der Waals surface area contributed by atoms with Crippen LogP contribution in [0.4, 0.5) is 10.8 Å². The second kappa shape index (κ2) is 8.84. The van der Waals surface area contributed by atoms with E-state index in [1.807, 2.05) is 58.8 Å². The molecule has 2 aromatic carbocycles. The lowest BCUT2D eigenvalue weighted by atomic mass is 10.0. The number of fused-ring (bicyclic) bond motifs is 1. The fourth-order valence-corrected chi connectivity index (χ4v) is 4.08. The van der Waals surface area contributed by atoms with Crippen molar-refractivity contribution in [3.8, 4) is 0 Å². The Morgan fingerprint density at radius 3 is 2.76 bits per heavy atom. The number of hydrogen-bond acceptors (Lipinski definition) is 4. The minimum Gasteiger partial charge on any atom is -0.312 e. The van der Waals surface area contributed by atoms with Crippen LogP contribution in [-0.4, -0.2) is 23.3 Å². The van der Waals surface area contributed by atoms with Gasteiger partial charge < -0.3 is 4.90 Å². The smallest absolute Gasteiger partial charge is 0.250 e. The Labute approximate surface area is 173 Å². The maximum atomic E-state index is 12.8. The SMILES string of the molecule is O=C(/C=C/c1ccccc1)Nc1nc(CC(=O)N2CCCc3ccccc32)cs1. The van der Waals surface area contributed by atoms with E-state index in [2.05, 4.69) is 16.4 Å². The van der Waals surface area contributed by atoms with Gasteiger partial charge in [-0.1, -0.05) is 48.5 Å². The van der Waals surface area contributed by atoms with Crippen LogP contribution in [0, 0.1) is 0 Å². The van der Waals surface area contributed by atoms with Crippen LogP contribution in [-0.2, 0) is 22.4 Å². The average molecular weight is 404 g/mol. The van der Waals surface area contributed by atoms with Gasteiger partial charge in [-0.05, 0) is 36.1 Å². The van der Waals surface area contributed by atoms with Crippen molar-refractivity contribution in [1.29, 1.82) is 0 Å². The summed E-state index contributed by atoms with van der Waals surface area (Å²) in [5.74, 6) is -0.213.